The van der Waals surface area contributed by atoms with Crippen molar-refractivity contribution in [1.29, 1.82) is 0 Å². The molecule has 1 aromatic carbocycles. The van der Waals surface area contributed by atoms with Crippen molar-refractivity contribution in [1.82, 2.24) is 9.97 Å². The summed E-state index contributed by atoms with van der Waals surface area (Å²) in [6, 6.07) is 7.31. The lowest BCUT2D eigenvalue weighted by Gasteiger charge is -2.28. The highest BCUT2D eigenvalue weighted by atomic mass is 16.5. The monoisotopic (exact) mass is 287 g/mol. The van der Waals surface area contributed by atoms with Crippen molar-refractivity contribution in [3.05, 3.63) is 48.5 Å². The zero-order valence-electron chi connectivity index (χ0n) is 12.2. The number of para-hydroxylation sites is 2. The van der Waals surface area contributed by atoms with Crippen LogP contribution in [0.2, 0.25) is 0 Å². The summed E-state index contributed by atoms with van der Waals surface area (Å²) in [7, 11) is 2.90. The van der Waals surface area contributed by atoms with Gasteiger partial charge in [-0.25, -0.2) is 4.79 Å². The summed E-state index contributed by atoms with van der Waals surface area (Å²) < 4.78 is 10.2. The van der Waals surface area contributed by atoms with Crippen LogP contribution in [0, 0.1) is 0 Å². The minimum atomic E-state index is -1.17. The number of hydrogen-bond acceptors (Lipinski definition) is 6. The maximum Gasteiger partial charge on any atom is 0.337 e. The molecule has 1 atom stereocenters. The first-order valence-corrected chi connectivity index (χ1v) is 6.38. The molecule has 6 nitrogen and oxygen atoms in total. The molecular weight excluding hydrogens is 270 g/mol. The number of anilines is 1. The predicted octanol–water partition coefficient (Wildman–Crippen LogP) is 1.99. The van der Waals surface area contributed by atoms with Gasteiger partial charge >= 0.3 is 5.97 Å². The van der Waals surface area contributed by atoms with Crippen molar-refractivity contribution in [3.63, 3.8) is 0 Å². The van der Waals surface area contributed by atoms with Gasteiger partial charge in [0.15, 0.2) is 5.54 Å². The highest BCUT2D eigenvalue weighted by molar-refractivity contribution is 5.85. The second kappa shape index (κ2) is 6.21. The Bertz CT molecular complexity index is 619. The molecule has 0 saturated carbocycles. The van der Waals surface area contributed by atoms with E-state index in [1.54, 1.807) is 26.3 Å². The molecule has 1 aromatic heterocycles. The summed E-state index contributed by atoms with van der Waals surface area (Å²) in [5.41, 5.74) is -0.0428. The molecule has 0 fully saturated rings. The number of carbonyl (C=O) groups excluding carboxylic acids is 1. The fourth-order valence-corrected chi connectivity index (χ4v) is 2.00. The fraction of sp³-hybridized carbons (Fsp3) is 0.267. The number of carbonyl (C=O) groups is 1. The molecule has 0 radical (unpaired) electrons. The van der Waals surface area contributed by atoms with E-state index in [0.717, 1.165) is 0 Å². The van der Waals surface area contributed by atoms with Gasteiger partial charge in [-0.15, -0.1) is 0 Å². The van der Waals surface area contributed by atoms with Gasteiger partial charge in [0.2, 0.25) is 0 Å². The Hall–Kier alpha value is -2.63. The van der Waals surface area contributed by atoms with E-state index < -0.39 is 11.5 Å². The average molecular weight is 287 g/mol. The summed E-state index contributed by atoms with van der Waals surface area (Å²) in [5.74, 6) is 0.158. The van der Waals surface area contributed by atoms with Gasteiger partial charge < -0.3 is 14.8 Å². The molecule has 21 heavy (non-hydrogen) atoms. The van der Waals surface area contributed by atoms with Crippen LogP contribution in [0.4, 0.5) is 5.69 Å². The molecular formula is C15H17N3O3. The predicted molar refractivity (Wildman–Crippen MR) is 78.0 cm³/mol. The quantitative estimate of drug-likeness (QED) is 0.848. The molecule has 1 N–H and O–H groups in total. The van der Waals surface area contributed by atoms with Gasteiger partial charge in [-0.1, -0.05) is 12.1 Å². The highest BCUT2D eigenvalue weighted by Crippen LogP contribution is 2.31. The molecule has 6 heteroatoms. The zero-order valence-corrected chi connectivity index (χ0v) is 12.2. The summed E-state index contributed by atoms with van der Waals surface area (Å²) >= 11 is 0. The van der Waals surface area contributed by atoms with E-state index in [2.05, 4.69) is 15.3 Å². The van der Waals surface area contributed by atoms with Crippen LogP contribution < -0.4 is 10.1 Å². The first-order valence-electron chi connectivity index (χ1n) is 6.38. The minimum Gasteiger partial charge on any atom is -0.495 e. The largest absolute Gasteiger partial charge is 0.495 e. The number of nitrogens with one attached hydrogen (secondary N) is 1. The molecule has 1 unspecified atom stereocenters. The van der Waals surface area contributed by atoms with Crippen LogP contribution >= 0.6 is 0 Å². The molecule has 0 saturated heterocycles. The molecule has 2 rings (SSSR count). The Morgan fingerprint density at radius 3 is 2.62 bits per heavy atom. The molecule has 0 amide bonds. The van der Waals surface area contributed by atoms with E-state index in [1.807, 2.05) is 18.2 Å². The Kier molecular flexibility index (Phi) is 4.37. The number of hydrogen-bond donors (Lipinski definition) is 1. The third-order valence-corrected chi connectivity index (χ3v) is 3.16. The number of rotatable bonds is 5. The normalized spacial score (nSPS) is 13.1. The number of nitrogens with zero attached hydrogens (tertiary/aromatic N) is 2. The highest BCUT2D eigenvalue weighted by Gasteiger charge is 2.38. The van der Waals surface area contributed by atoms with Crippen LogP contribution in [0.3, 0.4) is 0 Å². The molecule has 1 heterocycles. The first-order chi connectivity index (χ1) is 10.1. The maximum atomic E-state index is 12.2. The van der Waals surface area contributed by atoms with Crippen LogP contribution in [-0.4, -0.2) is 30.2 Å². The van der Waals surface area contributed by atoms with Gasteiger partial charge in [-0.3, -0.25) is 9.97 Å². The van der Waals surface area contributed by atoms with Crippen LogP contribution in [0.25, 0.3) is 0 Å². The number of ether oxygens (including phenoxy) is 2. The summed E-state index contributed by atoms with van der Waals surface area (Å²) in [5, 5.41) is 3.14. The van der Waals surface area contributed by atoms with Crippen molar-refractivity contribution in [2.75, 3.05) is 19.5 Å². The SMILES string of the molecule is COC(=O)C(C)(Nc1ccccc1OC)c1cnccn1. The molecule has 0 aliphatic carbocycles. The van der Waals surface area contributed by atoms with E-state index in [9.17, 15) is 4.79 Å². The molecule has 0 spiro atoms. The number of esters is 1. The van der Waals surface area contributed by atoms with Gasteiger partial charge in [0.1, 0.15) is 5.75 Å². The number of aromatic nitrogens is 2. The Morgan fingerprint density at radius 2 is 2.00 bits per heavy atom. The molecule has 0 aliphatic heterocycles. The molecule has 0 aliphatic rings. The van der Waals surface area contributed by atoms with Gasteiger partial charge in [-0.05, 0) is 19.1 Å². The Balaban J connectivity index is 2.45. The summed E-state index contributed by atoms with van der Waals surface area (Å²) in [4.78, 5) is 20.5. The van der Waals surface area contributed by atoms with Crippen molar-refractivity contribution >= 4 is 11.7 Å². The zero-order chi connectivity index (χ0) is 15.3. The van der Waals surface area contributed by atoms with Crippen molar-refractivity contribution in [2.24, 2.45) is 0 Å². The summed E-state index contributed by atoms with van der Waals surface area (Å²) in [6.45, 7) is 1.69. The van der Waals surface area contributed by atoms with E-state index in [-0.39, 0.29) is 0 Å². The smallest absolute Gasteiger partial charge is 0.337 e. The van der Waals surface area contributed by atoms with E-state index in [1.165, 1.54) is 19.5 Å². The minimum absolute atomic E-state index is 0.461. The van der Waals surface area contributed by atoms with Crippen LogP contribution in [-0.2, 0) is 15.1 Å². The first kappa shape index (κ1) is 14.8. The van der Waals surface area contributed by atoms with E-state index in [4.69, 9.17) is 9.47 Å². The third-order valence-electron chi connectivity index (χ3n) is 3.16. The standard InChI is InChI=1S/C15H17N3O3/c1-15(14(19)21-3,13-10-16-8-9-17-13)18-11-6-4-5-7-12(11)20-2/h4-10,18H,1-3H3. The molecule has 110 valence electrons. The second-order valence-corrected chi connectivity index (χ2v) is 4.53. The van der Waals surface area contributed by atoms with Crippen molar-refractivity contribution in [2.45, 2.75) is 12.5 Å². The topological polar surface area (TPSA) is 73.3 Å². The number of methoxy groups -OCH3 is 2. The average Bonchev–Trinajstić information content (AvgIpc) is 2.55. The lowest BCUT2D eigenvalue weighted by Crippen LogP contribution is -2.42. The lowest BCUT2D eigenvalue weighted by molar-refractivity contribution is -0.145. The van der Waals surface area contributed by atoms with Crippen molar-refractivity contribution < 1.29 is 14.3 Å². The van der Waals surface area contributed by atoms with Gasteiger partial charge in [-0.2, -0.15) is 0 Å². The second-order valence-electron chi connectivity index (χ2n) is 4.53. The molecule has 2 aromatic rings. The number of benzene rings is 1. The van der Waals surface area contributed by atoms with E-state index in [0.29, 0.717) is 17.1 Å². The Labute approximate surface area is 123 Å². The van der Waals surface area contributed by atoms with Crippen LogP contribution in [0.15, 0.2) is 42.9 Å². The summed E-state index contributed by atoms with van der Waals surface area (Å²) in [6.07, 6.45) is 4.60. The molecule has 0 bridgehead atoms. The third kappa shape index (κ3) is 2.94. The van der Waals surface area contributed by atoms with Gasteiger partial charge in [0.25, 0.3) is 0 Å². The maximum absolute atomic E-state index is 12.2. The van der Waals surface area contributed by atoms with Gasteiger partial charge in [0.05, 0.1) is 31.8 Å². The van der Waals surface area contributed by atoms with Crippen LogP contribution in [0.5, 0.6) is 5.75 Å². The lowest BCUT2D eigenvalue weighted by atomic mass is 9.97. The van der Waals surface area contributed by atoms with E-state index >= 15 is 0 Å². The van der Waals surface area contributed by atoms with Gasteiger partial charge in [0, 0.05) is 12.4 Å². The Morgan fingerprint density at radius 1 is 1.24 bits per heavy atom. The van der Waals surface area contributed by atoms with Crippen molar-refractivity contribution in [3.8, 4) is 5.75 Å². The van der Waals surface area contributed by atoms with Crippen LogP contribution in [0.1, 0.15) is 12.6 Å². The fourth-order valence-electron chi connectivity index (χ4n) is 2.00.